The third kappa shape index (κ3) is 4.75. The molecule has 4 rings (SSSR count). The van der Waals surface area contributed by atoms with Crippen molar-refractivity contribution in [2.45, 2.75) is 30.6 Å². The summed E-state index contributed by atoms with van der Waals surface area (Å²) < 4.78 is 30.5. The summed E-state index contributed by atoms with van der Waals surface area (Å²) in [5.41, 5.74) is 3.41. The van der Waals surface area contributed by atoms with E-state index in [0.717, 1.165) is 35.3 Å². The Morgan fingerprint density at radius 1 is 1.03 bits per heavy atom. The Labute approximate surface area is 180 Å². The topological polar surface area (TPSA) is 92.3 Å². The molecule has 1 saturated heterocycles. The van der Waals surface area contributed by atoms with Crippen LogP contribution in [0.25, 0.3) is 11.3 Å². The maximum atomic E-state index is 12.6. The number of hydrogen-bond acceptors (Lipinski definition) is 6. The lowest BCUT2D eigenvalue weighted by atomic mass is 10.1. The number of carbonyl (C=O) groups is 1. The minimum Gasteiger partial charge on any atom is -0.326 e. The minimum atomic E-state index is -3.40. The molecule has 1 N–H and O–H groups in total. The van der Waals surface area contributed by atoms with Crippen molar-refractivity contribution in [3.8, 4) is 11.3 Å². The average Bonchev–Trinajstić information content (AvgIpc) is 3.48. The van der Waals surface area contributed by atoms with Gasteiger partial charge in [-0.05, 0) is 60.6 Å². The summed E-state index contributed by atoms with van der Waals surface area (Å²) in [6, 6.07) is 14.3. The molecule has 30 heavy (non-hydrogen) atoms. The molecule has 0 unspecified atom stereocenters. The Kier molecular flexibility index (Phi) is 6.21. The number of nitrogens with one attached hydrogen (secondary N) is 1. The van der Waals surface area contributed by atoms with Crippen molar-refractivity contribution in [1.82, 2.24) is 13.9 Å². The smallest absolute Gasteiger partial charge is 0.243 e. The average molecular weight is 443 g/mol. The summed E-state index contributed by atoms with van der Waals surface area (Å²) >= 11 is 1.30. The summed E-state index contributed by atoms with van der Waals surface area (Å²) in [5, 5.41) is 8.78. The van der Waals surface area contributed by atoms with E-state index < -0.39 is 10.0 Å². The number of amides is 1. The molecule has 0 atom stereocenters. The Morgan fingerprint density at radius 3 is 2.37 bits per heavy atom. The van der Waals surface area contributed by atoms with Crippen LogP contribution in [0.5, 0.6) is 0 Å². The van der Waals surface area contributed by atoms with Crippen molar-refractivity contribution in [1.29, 1.82) is 0 Å². The van der Waals surface area contributed by atoms with E-state index >= 15 is 0 Å². The monoisotopic (exact) mass is 442 g/mol. The molecule has 3 aromatic rings. The highest BCUT2D eigenvalue weighted by atomic mass is 32.2. The number of carbonyl (C=O) groups excluding carboxylic acids is 1. The summed E-state index contributed by atoms with van der Waals surface area (Å²) in [6.07, 6.45) is 2.68. The number of nitrogens with zero attached hydrogens (tertiary/aromatic N) is 3. The van der Waals surface area contributed by atoms with E-state index in [1.807, 2.05) is 29.6 Å². The molecule has 0 saturated carbocycles. The maximum absolute atomic E-state index is 12.6. The van der Waals surface area contributed by atoms with E-state index in [0.29, 0.717) is 30.8 Å². The molecule has 1 aliphatic heterocycles. The highest BCUT2D eigenvalue weighted by molar-refractivity contribution is 7.89. The van der Waals surface area contributed by atoms with Crippen LogP contribution in [0.3, 0.4) is 0 Å². The molecule has 2 heterocycles. The van der Waals surface area contributed by atoms with Gasteiger partial charge in [0, 0.05) is 36.1 Å². The molecular weight excluding hydrogens is 420 g/mol. The Hall–Kier alpha value is -2.62. The molecule has 1 amide bonds. The van der Waals surface area contributed by atoms with Crippen molar-refractivity contribution < 1.29 is 13.2 Å². The van der Waals surface area contributed by atoms with E-state index in [2.05, 4.69) is 14.9 Å². The fraction of sp³-hybridized carbons (Fsp3) is 0.286. The number of hydrogen-bond donors (Lipinski definition) is 1. The van der Waals surface area contributed by atoms with Crippen LogP contribution in [0.15, 0.2) is 58.8 Å². The lowest BCUT2D eigenvalue weighted by molar-refractivity contribution is -0.116. The van der Waals surface area contributed by atoms with Gasteiger partial charge >= 0.3 is 0 Å². The largest absolute Gasteiger partial charge is 0.326 e. The van der Waals surface area contributed by atoms with Crippen molar-refractivity contribution in [3.05, 3.63) is 59.5 Å². The molecule has 1 aliphatic rings. The lowest BCUT2D eigenvalue weighted by Gasteiger charge is -2.15. The summed E-state index contributed by atoms with van der Waals surface area (Å²) in [6.45, 7) is 1.18. The van der Waals surface area contributed by atoms with Gasteiger partial charge < -0.3 is 5.32 Å². The second-order valence-corrected chi connectivity index (χ2v) is 9.72. The van der Waals surface area contributed by atoms with Crippen LogP contribution in [-0.2, 0) is 21.2 Å². The molecule has 0 radical (unpaired) electrons. The van der Waals surface area contributed by atoms with Crippen LogP contribution in [0.4, 0.5) is 5.69 Å². The molecule has 0 bridgehead atoms. The van der Waals surface area contributed by atoms with Gasteiger partial charge in [0.25, 0.3) is 0 Å². The van der Waals surface area contributed by atoms with Crippen LogP contribution in [0, 0.1) is 0 Å². The number of benzene rings is 2. The van der Waals surface area contributed by atoms with E-state index in [-0.39, 0.29) is 5.91 Å². The predicted octanol–water partition coefficient (Wildman–Crippen LogP) is 3.56. The molecule has 0 aliphatic carbocycles. The van der Waals surface area contributed by atoms with Gasteiger partial charge in [0.05, 0.1) is 4.90 Å². The zero-order valence-corrected chi connectivity index (χ0v) is 18.0. The van der Waals surface area contributed by atoms with Crippen LogP contribution in [-0.4, -0.2) is 41.3 Å². The summed E-state index contributed by atoms with van der Waals surface area (Å²) in [7, 11) is -3.40. The number of aromatic nitrogens is 2. The third-order valence-corrected chi connectivity index (χ3v) is 7.51. The first-order chi connectivity index (χ1) is 14.5. The quantitative estimate of drug-likeness (QED) is 0.604. The third-order valence-electron chi connectivity index (χ3n) is 5.09. The van der Waals surface area contributed by atoms with Crippen molar-refractivity contribution in [2.75, 3.05) is 18.4 Å². The number of anilines is 1. The van der Waals surface area contributed by atoms with Gasteiger partial charge in [0.15, 0.2) is 0 Å². The Balaban J connectivity index is 1.30. The normalized spacial score (nSPS) is 14.7. The van der Waals surface area contributed by atoms with Gasteiger partial charge in [-0.1, -0.05) is 28.8 Å². The highest BCUT2D eigenvalue weighted by Gasteiger charge is 2.26. The van der Waals surface area contributed by atoms with Crippen LogP contribution >= 0.6 is 11.5 Å². The highest BCUT2D eigenvalue weighted by Crippen LogP contribution is 2.22. The molecule has 1 fully saturated rings. The second-order valence-electron chi connectivity index (χ2n) is 7.17. The fourth-order valence-electron chi connectivity index (χ4n) is 3.40. The first kappa shape index (κ1) is 20.6. The SMILES string of the molecule is O=C(CCc1ccc(S(=O)(=O)N2CCCC2)cc1)Nc1ccc(-c2csnn2)cc1. The van der Waals surface area contributed by atoms with E-state index in [1.54, 1.807) is 24.3 Å². The van der Waals surface area contributed by atoms with Crippen LogP contribution < -0.4 is 5.32 Å². The number of rotatable bonds is 7. The number of aryl methyl sites for hydroxylation is 1. The van der Waals surface area contributed by atoms with E-state index in [4.69, 9.17) is 0 Å². The first-order valence-electron chi connectivity index (χ1n) is 9.79. The zero-order chi connectivity index (χ0) is 21.0. The molecule has 7 nitrogen and oxygen atoms in total. The Bertz CT molecular complexity index is 1090. The Morgan fingerprint density at radius 2 is 1.73 bits per heavy atom. The van der Waals surface area contributed by atoms with Gasteiger partial charge in [0.1, 0.15) is 5.69 Å². The first-order valence-corrected chi connectivity index (χ1v) is 12.1. The molecule has 9 heteroatoms. The lowest BCUT2D eigenvalue weighted by Crippen LogP contribution is -2.27. The summed E-state index contributed by atoms with van der Waals surface area (Å²) in [4.78, 5) is 12.6. The standard InChI is InChI=1S/C21H22N4O3S2/c26-21(22-18-8-6-17(7-9-18)20-15-29-24-23-20)12-5-16-3-10-19(11-4-16)30(27,28)25-13-1-2-14-25/h3-4,6-11,15H,1-2,5,12-14H2,(H,22,26). The van der Waals surface area contributed by atoms with Gasteiger partial charge in [-0.15, -0.1) is 5.10 Å². The van der Waals surface area contributed by atoms with Gasteiger partial charge in [-0.3, -0.25) is 4.79 Å². The molecule has 1 aromatic heterocycles. The van der Waals surface area contributed by atoms with Crippen LogP contribution in [0.2, 0.25) is 0 Å². The van der Waals surface area contributed by atoms with Crippen molar-refractivity contribution in [2.24, 2.45) is 0 Å². The molecule has 156 valence electrons. The molecule has 2 aromatic carbocycles. The van der Waals surface area contributed by atoms with Crippen molar-refractivity contribution in [3.63, 3.8) is 0 Å². The van der Waals surface area contributed by atoms with E-state index in [9.17, 15) is 13.2 Å². The zero-order valence-electron chi connectivity index (χ0n) is 16.3. The maximum Gasteiger partial charge on any atom is 0.243 e. The van der Waals surface area contributed by atoms with Gasteiger partial charge in [-0.2, -0.15) is 4.31 Å². The van der Waals surface area contributed by atoms with Crippen LogP contribution in [0.1, 0.15) is 24.8 Å². The predicted molar refractivity (Wildman–Crippen MR) is 117 cm³/mol. The molecular formula is C21H22N4O3S2. The summed E-state index contributed by atoms with van der Waals surface area (Å²) in [5.74, 6) is -0.0909. The van der Waals surface area contributed by atoms with Gasteiger partial charge in [0.2, 0.25) is 15.9 Å². The molecule has 0 spiro atoms. The second kappa shape index (κ2) is 9.03. The minimum absolute atomic E-state index is 0.0909. The number of sulfonamides is 1. The van der Waals surface area contributed by atoms with Crippen molar-refractivity contribution >= 4 is 33.2 Å². The fourth-order valence-corrected chi connectivity index (χ4v) is 5.38. The van der Waals surface area contributed by atoms with E-state index in [1.165, 1.54) is 15.8 Å². The van der Waals surface area contributed by atoms with Gasteiger partial charge in [-0.25, -0.2) is 8.42 Å².